The van der Waals surface area contributed by atoms with E-state index in [4.69, 9.17) is 24.1 Å². The summed E-state index contributed by atoms with van der Waals surface area (Å²) >= 11 is 0. The Balaban J connectivity index is 2.20. The van der Waals surface area contributed by atoms with Crippen molar-refractivity contribution >= 4 is 5.97 Å². The van der Waals surface area contributed by atoms with Crippen molar-refractivity contribution in [3.8, 4) is 23.0 Å². The van der Waals surface area contributed by atoms with Crippen molar-refractivity contribution in [2.45, 2.75) is 13.5 Å². The van der Waals surface area contributed by atoms with Gasteiger partial charge >= 0.3 is 5.97 Å². The predicted octanol–water partition coefficient (Wildman–Crippen LogP) is 3.30. The highest BCUT2D eigenvalue weighted by Gasteiger charge is 2.14. The summed E-state index contributed by atoms with van der Waals surface area (Å²) in [6, 6.07) is 8.47. The zero-order valence-electron chi connectivity index (χ0n) is 14.1. The van der Waals surface area contributed by atoms with Gasteiger partial charge in [0.25, 0.3) is 0 Å². The molecule has 0 radical (unpaired) electrons. The number of aromatic carboxylic acids is 1. The van der Waals surface area contributed by atoms with E-state index < -0.39 is 5.97 Å². The summed E-state index contributed by atoms with van der Waals surface area (Å²) in [4.78, 5) is 11.0. The third-order valence-corrected chi connectivity index (χ3v) is 3.56. The number of carboxylic acids is 1. The lowest BCUT2D eigenvalue weighted by atomic mass is 10.1. The van der Waals surface area contributed by atoms with E-state index in [1.54, 1.807) is 52.5 Å². The molecule has 0 aliphatic rings. The Labute approximate surface area is 140 Å². The van der Waals surface area contributed by atoms with Crippen LogP contribution in [0.25, 0.3) is 0 Å². The Morgan fingerprint density at radius 1 is 1.00 bits per heavy atom. The van der Waals surface area contributed by atoms with Gasteiger partial charge in [-0.25, -0.2) is 4.79 Å². The van der Waals surface area contributed by atoms with Crippen LogP contribution in [-0.4, -0.2) is 32.4 Å². The molecular formula is C18H20O6. The van der Waals surface area contributed by atoms with Crippen LogP contribution in [-0.2, 0) is 6.61 Å². The third-order valence-electron chi connectivity index (χ3n) is 3.56. The molecule has 2 aromatic rings. The molecule has 0 unspecified atom stereocenters. The standard InChI is InChI=1S/C18H20O6/c1-11-7-13(5-6-14(11)18(19)20)24-10-12-8-15(21-2)17(23-4)16(9-12)22-3/h5-9H,10H2,1-4H3,(H,19,20). The second kappa shape index (κ2) is 7.59. The fourth-order valence-corrected chi connectivity index (χ4v) is 2.35. The van der Waals surface area contributed by atoms with E-state index in [9.17, 15) is 4.79 Å². The van der Waals surface area contributed by atoms with E-state index in [1.807, 2.05) is 0 Å². The largest absolute Gasteiger partial charge is 0.493 e. The summed E-state index contributed by atoms with van der Waals surface area (Å²) in [7, 11) is 4.65. The average Bonchev–Trinajstić information content (AvgIpc) is 2.58. The number of ether oxygens (including phenoxy) is 4. The van der Waals surface area contributed by atoms with Crippen LogP contribution < -0.4 is 18.9 Å². The second-order valence-electron chi connectivity index (χ2n) is 5.10. The van der Waals surface area contributed by atoms with Crippen molar-refractivity contribution < 1.29 is 28.8 Å². The molecule has 128 valence electrons. The van der Waals surface area contributed by atoms with Crippen LogP contribution in [0.1, 0.15) is 21.5 Å². The number of hydrogen-bond donors (Lipinski definition) is 1. The van der Waals surface area contributed by atoms with E-state index >= 15 is 0 Å². The molecular weight excluding hydrogens is 312 g/mol. The Kier molecular flexibility index (Phi) is 5.52. The average molecular weight is 332 g/mol. The number of rotatable bonds is 7. The predicted molar refractivity (Wildman–Crippen MR) is 88.6 cm³/mol. The summed E-state index contributed by atoms with van der Waals surface area (Å²) in [6.45, 7) is 2.01. The number of methoxy groups -OCH3 is 3. The lowest BCUT2D eigenvalue weighted by Crippen LogP contribution is -2.02. The number of carbonyl (C=O) groups is 1. The second-order valence-corrected chi connectivity index (χ2v) is 5.10. The number of aryl methyl sites for hydroxylation is 1. The molecule has 0 fully saturated rings. The van der Waals surface area contributed by atoms with Gasteiger partial charge in [-0.2, -0.15) is 0 Å². The molecule has 6 nitrogen and oxygen atoms in total. The van der Waals surface area contributed by atoms with E-state index in [1.165, 1.54) is 6.07 Å². The van der Waals surface area contributed by atoms with Crippen LogP contribution in [0.5, 0.6) is 23.0 Å². The normalized spacial score (nSPS) is 10.2. The smallest absolute Gasteiger partial charge is 0.335 e. The van der Waals surface area contributed by atoms with Gasteiger partial charge < -0.3 is 24.1 Å². The zero-order chi connectivity index (χ0) is 17.7. The molecule has 0 saturated carbocycles. The highest BCUT2D eigenvalue weighted by atomic mass is 16.5. The van der Waals surface area contributed by atoms with Gasteiger partial charge in [-0.1, -0.05) is 0 Å². The van der Waals surface area contributed by atoms with Gasteiger partial charge in [-0.05, 0) is 48.4 Å². The van der Waals surface area contributed by atoms with Crippen LogP contribution in [0, 0.1) is 6.92 Å². The Bertz CT molecular complexity index is 713. The maximum Gasteiger partial charge on any atom is 0.335 e. The molecule has 6 heteroatoms. The molecule has 0 bridgehead atoms. The molecule has 24 heavy (non-hydrogen) atoms. The summed E-state index contributed by atoms with van der Waals surface area (Å²) in [5.74, 6) is 1.25. The summed E-state index contributed by atoms with van der Waals surface area (Å²) in [5.41, 5.74) is 1.74. The number of hydrogen-bond acceptors (Lipinski definition) is 5. The Morgan fingerprint density at radius 2 is 1.62 bits per heavy atom. The number of carboxylic acid groups (broad SMARTS) is 1. The first-order valence-corrected chi connectivity index (χ1v) is 7.25. The molecule has 0 heterocycles. The van der Waals surface area contributed by atoms with Gasteiger partial charge in [0.2, 0.25) is 5.75 Å². The lowest BCUT2D eigenvalue weighted by Gasteiger charge is -2.15. The van der Waals surface area contributed by atoms with Gasteiger partial charge in [-0.3, -0.25) is 0 Å². The van der Waals surface area contributed by atoms with Crippen LogP contribution in [0.3, 0.4) is 0 Å². The van der Waals surface area contributed by atoms with E-state index in [0.29, 0.717) is 28.6 Å². The van der Waals surface area contributed by atoms with Crippen molar-refractivity contribution in [3.05, 3.63) is 47.0 Å². The Morgan fingerprint density at radius 3 is 2.08 bits per heavy atom. The van der Waals surface area contributed by atoms with E-state index in [2.05, 4.69) is 0 Å². The molecule has 1 N–H and O–H groups in total. The van der Waals surface area contributed by atoms with Crippen molar-refractivity contribution in [1.29, 1.82) is 0 Å². The molecule has 0 atom stereocenters. The topological polar surface area (TPSA) is 74.2 Å². The highest BCUT2D eigenvalue weighted by molar-refractivity contribution is 5.89. The quantitative estimate of drug-likeness (QED) is 0.838. The monoisotopic (exact) mass is 332 g/mol. The highest BCUT2D eigenvalue weighted by Crippen LogP contribution is 2.38. The molecule has 0 amide bonds. The van der Waals surface area contributed by atoms with E-state index in [-0.39, 0.29) is 12.2 Å². The van der Waals surface area contributed by atoms with Crippen molar-refractivity contribution in [1.82, 2.24) is 0 Å². The first kappa shape index (κ1) is 17.5. The summed E-state index contributed by atoms with van der Waals surface area (Å²) < 4.78 is 21.6. The first-order chi connectivity index (χ1) is 11.5. The first-order valence-electron chi connectivity index (χ1n) is 7.25. The molecule has 0 aromatic heterocycles. The number of benzene rings is 2. The molecule has 0 aliphatic heterocycles. The maximum absolute atomic E-state index is 11.0. The minimum absolute atomic E-state index is 0.259. The van der Waals surface area contributed by atoms with Crippen LogP contribution in [0.15, 0.2) is 30.3 Å². The van der Waals surface area contributed by atoms with Gasteiger partial charge in [0.05, 0.1) is 26.9 Å². The van der Waals surface area contributed by atoms with Crippen molar-refractivity contribution in [3.63, 3.8) is 0 Å². The minimum Gasteiger partial charge on any atom is -0.493 e. The molecule has 2 aromatic carbocycles. The molecule has 0 saturated heterocycles. The SMILES string of the molecule is COc1cc(COc2ccc(C(=O)O)c(C)c2)cc(OC)c1OC. The van der Waals surface area contributed by atoms with Crippen LogP contribution >= 0.6 is 0 Å². The molecule has 0 aliphatic carbocycles. The van der Waals surface area contributed by atoms with Crippen molar-refractivity contribution in [2.24, 2.45) is 0 Å². The van der Waals surface area contributed by atoms with Gasteiger partial charge in [-0.15, -0.1) is 0 Å². The fourth-order valence-electron chi connectivity index (χ4n) is 2.35. The Hall–Kier alpha value is -2.89. The van der Waals surface area contributed by atoms with Crippen molar-refractivity contribution in [2.75, 3.05) is 21.3 Å². The molecule has 0 spiro atoms. The minimum atomic E-state index is -0.955. The van der Waals surface area contributed by atoms with Crippen LogP contribution in [0.4, 0.5) is 0 Å². The van der Waals surface area contributed by atoms with E-state index in [0.717, 1.165) is 5.56 Å². The van der Waals surface area contributed by atoms with Gasteiger partial charge in [0.1, 0.15) is 12.4 Å². The summed E-state index contributed by atoms with van der Waals surface area (Å²) in [6.07, 6.45) is 0. The lowest BCUT2D eigenvalue weighted by molar-refractivity contribution is 0.0696. The summed E-state index contributed by atoms with van der Waals surface area (Å²) in [5, 5.41) is 9.05. The fraction of sp³-hybridized carbons (Fsp3) is 0.278. The van der Waals surface area contributed by atoms with Gasteiger partial charge in [0.15, 0.2) is 11.5 Å². The zero-order valence-corrected chi connectivity index (χ0v) is 14.1. The van der Waals surface area contributed by atoms with Crippen LogP contribution in [0.2, 0.25) is 0 Å². The molecule has 2 rings (SSSR count). The van der Waals surface area contributed by atoms with Gasteiger partial charge in [0, 0.05) is 0 Å². The third kappa shape index (κ3) is 3.71. The maximum atomic E-state index is 11.0.